The summed E-state index contributed by atoms with van der Waals surface area (Å²) in [5, 5.41) is 0. The standard InChI is InChI=1S/C12H18.C11H16.3C10H14.2C9H12.3C8H10.C2H6/c1-7-8(2)10(4)12(6)11(5)9(7)3;1-7-6-8(2)10(4)11(5)9(7)3;1-7-5-9(3)10(4)6-8(7)2;1-7-5-8(2)10(4)9(3)6-7;1-7-5-6-8(2)10(4)9(7)3;1-7-4-8(2)6-9(3)5-7;1-7-4-5-8(2)9(3)6-7;1-7-3-5-8(2)6-4-7;1-7-4-3-5-8(2)6-7;1-7-5-3-4-6-8(7)2;1-2/h1-6H3;6H,1-5H3;3*5-6H,1-4H3;2*4-6H,1-3H3;3*3-6H,1-2H3;1-2H3. The number of rotatable bonds is 0. The molecule has 524 valence electrons. The Morgan fingerprint density at radius 3 is 0.577 bits per heavy atom. The molecule has 0 aromatic heterocycles. The van der Waals surface area contributed by atoms with Gasteiger partial charge in [-0.05, 0) is 387 Å². The molecule has 0 radical (unpaired) electrons. The molecule has 10 aromatic carbocycles. The molecule has 0 heterocycles. The maximum Gasteiger partial charge on any atom is -0.0392 e. The molecular weight excluding hydrogens is 1170 g/mol. The third kappa shape index (κ3) is 32.9. The molecule has 0 aliphatic carbocycles. The molecule has 0 unspecified atom stereocenters. The van der Waals surface area contributed by atoms with Crippen LogP contribution in [0.4, 0.5) is 0 Å². The number of aryl methyl sites for hydroxylation is 23. The second-order valence-electron chi connectivity index (χ2n) is 27.8. The predicted octanol–water partition coefficient (Wildman–Crippen LogP) is 28.7. The molecule has 0 bridgehead atoms. The Hall–Kier alpha value is -7.80. The molecule has 0 aliphatic rings. The molecule has 0 N–H and O–H groups in total. The maximum absolute atomic E-state index is 2.26. The first-order valence-corrected chi connectivity index (χ1v) is 35.5. The lowest BCUT2D eigenvalue weighted by molar-refractivity contribution is 1.13. The molecule has 0 heteroatoms. The molecule has 0 spiro atoms. The van der Waals surface area contributed by atoms with Crippen molar-refractivity contribution in [3.05, 3.63) is 346 Å². The van der Waals surface area contributed by atoms with Crippen LogP contribution >= 0.6 is 0 Å². The zero-order chi connectivity index (χ0) is 74.9. The van der Waals surface area contributed by atoms with Gasteiger partial charge >= 0.3 is 0 Å². The zero-order valence-electron chi connectivity index (χ0n) is 68.9. The third-order valence-electron chi connectivity index (χ3n) is 19.5. The Morgan fingerprint density at radius 1 is 0.113 bits per heavy atom. The molecule has 10 aromatic rings. The Kier molecular flexibility index (Phi) is 41.3. The quantitative estimate of drug-likeness (QED) is 0.142. The molecule has 0 fully saturated rings. The van der Waals surface area contributed by atoms with E-state index in [1.807, 2.05) is 13.8 Å². The van der Waals surface area contributed by atoms with Gasteiger partial charge in [0.05, 0.1) is 0 Å². The van der Waals surface area contributed by atoms with Crippen LogP contribution in [0, 0.1) is 242 Å². The maximum atomic E-state index is 2.26. The van der Waals surface area contributed by atoms with Gasteiger partial charge < -0.3 is 0 Å². The molecule has 0 saturated carbocycles. The summed E-state index contributed by atoms with van der Waals surface area (Å²) in [5.74, 6) is 0. The summed E-state index contributed by atoms with van der Waals surface area (Å²) in [5.41, 5.74) is 48.9. The molecular formula is C97H136. The average Bonchev–Trinajstić information content (AvgIpc) is 0.815. The minimum Gasteiger partial charge on any atom is -0.0683 e. The summed E-state index contributed by atoms with van der Waals surface area (Å²) in [7, 11) is 0. The topological polar surface area (TPSA) is 0 Å². The summed E-state index contributed by atoms with van der Waals surface area (Å²) >= 11 is 0. The fraction of sp³-hybridized carbons (Fsp3) is 0.381. The lowest BCUT2D eigenvalue weighted by Gasteiger charge is -2.15. The highest BCUT2D eigenvalue weighted by atomic mass is 14.1. The van der Waals surface area contributed by atoms with Crippen LogP contribution in [0.2, 0.25) is 0 Å². The monoisotopic (exact) mass is 1300 g/mol. The van der Waals surface area contributed by atoms with E-state index in [9.17, 15) is 0 Å². The Morgan fingerprint density at radius 2 is 0.309 bits per heavy atom. The fourth-order valence-electron chi connectivity index (χ4n) is 10.8. The van der Waals surface area contributed by atoms with Crippen molar-refractivity contribution >= 4 is 0 Å². The van der Waals surface area contributed by atoms with E-state index in [0.717, 1.165) is 0 Å². The van der Waals surface area contributed by atoms with Gasteiger partial charge in [0.1, 0.15) is 0 Å². The van der Waals surface area contributed by atoms with E-state index >= 15 is 0 Å². The second-order valence-corrected chi connectivity index (χ2v) is 27.8. The largest absolute Gasteiger partial charge is 0.0683 e. The first kappa shape index (κ1) is 89.2. The minimum absolute atomic E-state index is 1.33. The summed E-state index contributed by atoms with van der Waals surface area (Å²) in [6.07, 6.45) is 0. The van der Waals surface area contributed by atoms with E-state index in [2.05, 4.69) is 394 Å². The van der Waals surface area contributed by atoms with Crippen molar-refractivity contribution in [1.82, 2.24) is 0 Å². The van der Waals surface area contributed by atoms with Crippen molar-refractivity contribution in [2.24, 2.45) is 0 Å². The minimum atomic E-state index is 1.33. The Labute approximate surface area is 599 Å². The van der Waals surface area contributed by atoms with Crippen molar-refractivity contribution < 1.29 is 0 Å². The van der Waals surface area contributed by atoms with Gasteiger partial charge in [-0.25, -0.2) is 0 Å². The van der Waals surface area contributed by atoms with Crippen LogP contribution < -0.4 is 0 Å². The molecule has 0 atom stereocenters. The van der Waals surface area contributed by atoms with E-state index in [0.29, 0.717) is 0 Å². The van der Waals surface area contributed by atoms with Gasteiger partial charge in [0.25, 0.3) is 0 Å². The molecule has 0 amide bonds. The average molecular weight is 1300 g/mol. The Bertz CT molecular complexity index is 3670. The van der Waals surface area contributed by atoms with E-state index in [4.69, 9.17) is 0 Å². The van der Waals surface area contributed by atoms with Crippen molar-refractivity contribution in [2.75, 3.05) is 0 Å². The Balaban J connectivity index is 0.00000105. The summed E-state index contributed by atoms with van der Waals surface area (Å²) in [4.78, 5) is 0. The predicted molar refractivity (Wildman–Crippen MR) is 442 cm³/mol. The number of hydrogen-bond donors (Lipinski definition) is 0. The third-order valence-corrected chi connectivity index (χ3v) is 19.5. The lowest BCUT2D eigenvalue weighted by atomic mass is 9.90. The van der Waals surface area contributed by atoms with E-state index < -0.39 is 0 Å². The summed E-state index contributed by atoms with van der Waals surface area (Å²) < 4.78 is 0. The van der Waals surface area contributed by atoms with Gasteiger partial charge in [0.2, 0.25) is 0 Å². The van der Waals surface area contributed by atoms with E-state index in [1.165, 1.54) is 195 Å². The van der Waals surface area contributed by atoms with Crippen LogP contribution in [0.3, 0.4) is 0 Å². The SMILES string of the molecule is CC.Cc1c(C)c(C)c(C)c(C)c1C.Cc1cc(C)c(C)c(C)c1.Cc1cc(C)c(C)c(C)c1C.Cc1cc(C)c(C)cc1C.Cc1cc(C)cc(C)c1.Cc1ccc(C)c(C)c1.Cc1ccc(C)c(C)c1C.Cc1ccc(C)cc1.Cc1cccc(C)c1.Cc1ccccc1C. The second kappa shape index (κ2) is 44.9. The van der Waals surface area contributed by atoms with Crippen molar-refractivity contribution in [3.8, 4) is 0 Å². The van der Waals surface area contributed by atoms with Gasteiger partial charge in [0.15, 0.2) is 0 Å². The molecule has 97 heavy (non-hydrogen) atoms. The van der Waals surface area contributed by atoms with E-state index in [1.54, 1.807) is 0 Å². The zero-order valence-corrected chi connectivity index (χ0v) is 68.9. The highest BCUT2D eigenvalue weighted by Crippen LogP contribution is 2.25. The first-order chi connectivity index (χ1) is 45.1. The lowest BCUT2D eigenvalue weighted by Crippen LogP contribution is -1.98. The van der Waals surface area contributed by atoms with Crippen LogP contribution in [0.25, 0.3) is 0 Å². The summed E-state index contributed by atoms with van der Waals surface area (Å²) in [6, 6.07) is 53.9. The molecule has 0 saturated heterocycles. The van der Waals surface area contributed by atoms with Gasteiger partial charge in [0, 0.05) is 0 Å². The van der Waals surface area contributed by atoms with Gasteiger partial charge in [-0.1, -0.05) is 216 Å². The van der Waals surface area contributed by atoms with Crippen molar-refractivity contribution in [2.45, 2.75) is 256 Å². The highest BCUT2D eigenvalue weighted by Gasteiger charge is 2.08. The van der Waals surface area contributed by atoms with Crippen LogP contribution in [-0.2, 0) is 0 Å². The first-order valence-electron chi connectivity index (χ1n) is 35.5. The summed E-state index contributed by atoms with van der Waals surface area (Å²) in [6.45, 7) is 79.5. The van der Waals surface area contributed by atoms with Crippen LogP contribution in [0.1, 0.15) is 209 Å². The van der Waals surface area contributed by atoms with Crippen LogP contribution in [0.15, 0.2) is 152 Å². The van der Waals surface area contributed by atoms with Crippen molar-refractivity contribution in [3.63, 3.8) is 0 Å². The number of benzene rings is 10. The van der Waals surface area contributed by atoms with Gasteiger partial charge in [-0.3, -0.25) is 0 Å². The smallest absolute Gasteiger partial charge is 0.0392 e. The highest BCUT2D eigenvalue weighted by molar-refractivity contribution is 5.49. The van der Waals surface area contributed by atoms with Crippen LogP contribution in [0.5, 0.6) is 0 Å². The van der Waals surface area contributed by atoms with Gasteiger partial charge in [-0.15, -0.1) is 0 Å². The molecule has 0 nitrogen and oxygen atoms in total. The number of hydrogen-bond acceptors (Lipinski definition) is 0. The molecule has 10 rings (SSSR count). The fourth-order valence-corrected chi connectivity index (χ4v) is 10.8. The van der Waals surface area contributed by atoms with Gasteiger partial charge in [-0.2, -0.15) is 0 Å². The normalized spacial score (nSPS) is 9.70. The van der Waals surface area contributed by atoms with E-state index in [-0.39, 0.29) is 0 Å². The molecule has 0 aliphatic heterocycles. The van der Waals surface area contributed by atoms with Crippen molar-refractivity contribution in [1.29, 1.82) is 0 Å². The van der Waals surface area contributed by atoms with Crippen LogP contribution in [-0.4, -0.2) is 0 Å².